The van der Waals surface area contributed by atoms with Gasteiger partial charge in [0.05, 0.1) is 22.7 Å². The van der Waals surface area contributed by atoms with Crippen LogP contribution in [0.3, 0.4) is 0 Å². The van der Waals surface area contributed by atoms with Crippen molar-refractivity contribution in [2.24, 2.45) is 10.2 Å². The molecule has 8 nitrogen and oxygen atoms in total. The van der Waals surface area contributed by atoms with Gasteiger partial charge >= 0.3 is 0 Å². The van der Waals surface area contributed by atoms with E-state index in [0.29, 0.717) is 6.42 Å². The van der Waals surface area contributed by atoms with Gasteiger partial charge < -0.3 is 0 Å². The van der Waals surface area contributed by atoms with Crippen LogP contribution in [0.2, 0.25) is 0 Å². The van der Waals surface area contributed by atoms with E-state index in [-0.39, 0.29) is 12.3 Å². The smallest absolute Gasteiger partial charge is 0.172 e. The van der Waals surface area contributed by atoms with E-state index < -0.39 is 0 Å². The summed E-state index contributed by atoms with van der Waals surface area (Å²) >= 11 is 0. The summed E-state index contributed by atoms with van der Waals surface area (Å²) in [4.78, 5) is 0. The van der Waals surface area contributed by atoms with E-state index in [1.165, 1.54) is 0 Å². The van der Waals surface area contributed by atoms with Crippen LogP contribution in [0.5, 0.6) is 0 Å². The predicted octanol–water partition coefficient (Wildman–Crippen LogP) is 7.82. The fourth-order valence-electron chi connectivity index (χ4n) is 6.30. The Hall–Kier alpha value is -6.54. The number of nitrogens with one attached hydrogen (secondary N) is 2. The highest BCUT2D eigenvalue weighted by atomic mass is 15.7. The Morgan fingerprint density at radius 2 is 0.653 bits per heavy atom. The van der Waals surface area contributed by atoms with Gasteiger partial charge in [-0.1, -0.05) is 133 Å². The maximum absolute atomic E-state index is 5.31. The van der Waals surface area contributed by atoms with Gasteiger partial charge in [-0.15, -0.1) is 0 Å². The molecule has 2 unspecified atom stereocenters. The second kappa shape index (κ2) is 13.7. The van der Waals surface area contributed by atoms with Crippen LogP contribution >= 0.6 is 0 Å². The Morgan fingerprint density at radius 3 is 0.980 bits per heavy atom. The molecule has 0 fully saturated rings. The number of para-hydroxylation sites is 4. The third-order valence-electron chi connectivity index (χ3n) is 8.66. The number of nitrogens with zero attached hydrogens (tertiary/aromatic N) is 6. The van der Waals surface area contributed by atoms with Crippen molar-refractivity contribution in [1.29, 1.82) is 0 Å². The molecule has 0 spiro atoms. The van der Waals surface area contributed by atoms with Gasteiger partial charge in [-0.2, -0.15) is 10.2 Å². The van der Waals surface area contributed by atoms with Crippen molar-refractivity contribution in [2.75, 3.05) is 20.0 Å². The first-order chi connectivity index (χ1) is 24.3. The van der Waals surface area contributed by atoms with Crippen LogP contribution in [0.15, 0.2) is 192 Å². The first-order valence-electron chi connectivity index (χ1n) is 16.5. The minimum absolute atomic E-state index is 0.282. The Kier molecular flexibility index (Phi) is 8.32. The van der Waals surface area contributed by atoms with Crippen molar-refractivity contribution in [1.82, 2.24) is 10.9 Å². The molecule has 6 aromatic rings. The standard InChI is InChI=1S/C41H36N8/c1-7-19-32(20-8-1)40-42-46(34-23-11-3-12-24-34)38(47(43-40)35-25-13-4-14-26-35)31-39-48(36-27-15-5-16-28-36)44-41(33-21-9-2-10-22-33)45-49(39)37-29-17-6-18-30-37/h1-30,38-39H,31H2,(H,42,43)(H,44,45). The molecule has 0 radical (unpaired) electrons. The predicted molar refractivity (Wildman–Crippen MR) is 200 cm³/mol. The lowest BCUT2D eigenvalue weighted by Crippen LogP contribution is -2.66. The topological polar surface area (TPSA) is 61.7 Å². The third-order valence-corrected chi connectivity index (χ3v) is 8.66. The van der Waals surface area contributed by atoms with Crippen molar-refractivity contribution in [2.45, 2.75) is 18.8 Å². The average molecular weight is 641 g/mol. The molecule has 240 valence electrons. The van der Waals surface area contributed by atoms with Gasteiger partial charge in [0.2, 0.25) is 0 Å². The van der Waals surface area contributed by atoms with Crippen LogP contribution in [0.4, 0.5) is 22.7 Å². The monoisotopic (exact) mass is 640 g/mol. The molecule has 0 aliphatic carbocycles. The molecule has 0 aromatic heterocycles. The highest BCUT2D eigenvalue weighted by Crippen LogP contribution is 2.34. The van der Waals surface area contributed by atoms with Crippen LogP contribution < -0.4 is 30.9 Å². The van der Waals surface area contributed by atoms with Gasteiger partial charge in [0.15, 0.2) is 11.7 Å². The minimum atomic E-state index is -0.282. The summed E-state index contributed by atoms with van der Waals surface area (Å²) < 4.78 is 0. The summed E-state index contributed by atoms with van der Waals surface area (Å²) in [7, 11) is 0. The maximum atomic E-state index is 5.31. The maximum Gasteiger partial charge on any atom is 0.172 e. The van der Waals surface area contributed by atoms with Gasteiger partial charge in [0.1, 0.15) is 12.3 Å². The van der Waals surface area contributed by atoms with Crippen molar-refractivity contribution < 1.29 is 0 Å². The highest BCUT2D eigenvalue weighted by molar-refractivity contribution is 6.02. The second-order valence-electron chi connectivity index (χ2n) is 11.8. The van der Waals surface area contributed by atoms with E-state index in [1.54, 1.807) is 0 Å². The zero-order valence-corrected chi connectivity index (χ0v) is 26.9. The number of anilines is 4. The SMILES string of the molecule is c1ccc(C2=NN(c3ccccc3)C(CC3N(c4ccccc4)N=C(c4ccccc4)NN3c3ccccc3)N(c3ccccc3)N2)cc1. The van der Waals surface area contributed by atoms with Gasteiger partial charge in [-0.25, -0.2) is 10.0 Å². The molecule has 2 N–H and O–H groups in total. The zero-order chi connectivity index (χ0) is 32.8. The lowest BCUT2D eigenvalue weighted by molar-refractivity contribution is 0.402. The lowest BCUT2D eigenvalue weighted by atomic mass is 10.1. The van der Waals surface area contributed by atoms with Crippen LogP contribution in [-0.4, -0.2) is 24.0 Å². The minimum Gasteiger partial charge on any atom is -0.278 e. The van der Waals surface area contributed by atoms with Crippen molar-refractivity contribution in [3.8, 4) is 0 Å². The molecule has 6 aromatic carbocycles. The summed E-state index contributed by atoms with van der Waals surface area (Å²) in [6, 6.07) is 62.2. The Morgan fingerprint density at radius 1 is 0.367 bits per heavy atom. The molecule has 8 heteroatoms. The van der Waals surface area contributed by atoms with E-state index in [1.807, 2.05) is 60.7 Å². The number of hydrogen-bond acceptors (Lipinski definition) is 8. The molecule has 0 saturated carbocycles. The summed E-state index contributed by atoms with van der Waals surface area (Å²) in [5.74, 6) is 1.52. The van der Waals surface area contributed by atoms with Crippen LogP contribution in [0.1, 0.15) is 17.5 Å². The molecule has 49 heavy (non-hydrogen) atoms. The summed E-state index contributed by atoms with van der Waals surface area (Å²) in [5.41, 5.74) is 13.4. The largest absolute Gasteiger partial charge is 0.278 e. The van der Waals surface area contributed by atoms with Crippen LogP contribution in [0.25, 0.3) is 0 Å². The highest BCUT2D eigenvalue weighted by Gasteiger charge is 2.40. The van der Waals surface area contributed by atoms with Crippen LogP contribution in [-0.2, 0) is 0 Å². The summed E-state index contributed by atoms with van der Waals surface area (Å²) in [6.45, 7) is 0. The fraction of sp³-hybridized carbons (Fsp3) is 0.0732. The number of amidine groups is 2. The number of hydrazine groups is 2. The molecule has 0 bridgehead atoms. The summed E-state index contributed by atoms with van der Waals surface area (Å²) in [6.07, 6.45) is 0.0231. The molecule has 8 rings (SSSR count). The molecular weight excluding hydrogens is 605 g/mol. The molecule has 2 heterocycles. The first kappa shape index (κ1) is 29.8. The molecule has 2 atom stereocenters. The zero-order valence-electron chi connectivity index (χ0n) is 26.9. The van der Waals surface area contributed by atoms with Gasteiger partial charge in [-0.3, -0.25) is 20.9 Å². The molecule has 2 aliphatic heterocycles. The average Bonchev–Trinajstić information content (AvgIpc) is 3.20. The van der Waals surface area contributed by atoms with E-state index in [4.69, 9.17) is 10.2 Å². The molecule has 0 amide bonds. The van der Waals surface area contributed by atoms with Crippen molar-refractivity contribution in [3.63, 3.8) is 0 Å². The van der Waals surface area contributed by atoms with Gasteiger partial charge in [0, 0.05) is 17.5 Å². The van der Waals surface area contributed by atoms with Crippen LogP contribution in [0, 0.1) is 0 Å². The first-order valence-corrected chi connectivity index (χ1v) is 16.5. The number of rotatable bonds is 8. The number of hydrogen-bond donors (Lipinski definition) is 2. The second-order valence-corrected chi connectivity index (χ2v) is 11.8. The fourth-order valence-corrected chi connectivity index (χ4v) is 6.30. The molecule has 2 aliphatic rings. The molecular formula is C41H36N8. The van der Waals surface area contributed by atoms with E-state index in [2.05, 4.69) is 152 Å². The van der Waals surface area contributed by atoms with E-state index >= 15 is 0 Å². The summed E-state index contributed by atoms with van der Waals surface area (Å²) in [5, 5.41) is 19.3. The Labute approximate surface area is 286 Å². The van der Waals surface area contributed by atoms with E-state index in [9.17, 15) is 0 Å². The Bertz CT molecular complexity index is 1860. The van der Waals surface area contributed by atoms with Crippen molar-refractivity contribution >= 4 is 34.4 Å². The van der Waals surface area contributed by atoms with Gasteiger partial charge in [-0.05, 0) is 48.5 Å². The third kappa shape index (κ3) is 6.27. The van der Waals surface area contributed by atoms with Gasteiger partial charge in [0.25, 0.3) is 0 Å². The van der Waals surface area contributed by atoms with Crippen molar-refractivity contribution in [3.05, 3.63) is 193 Å². The molecule has 0 saturated heterocycles. The number of hydrazone groups is 2. The normalized spacial score (nSPS) is 17.5. The number of benzene rings is 6. The Balaban J connectivity index is 1.30. The quantitative estimate of drug-likeness (QED) is 0.177. The van der Waals surface area contributed by atoms with E-state index in [0.717, 1.165) is 45.5 Å². The lowest BCUT2D eigenvalue weighted by Gasteiger charge is -2.49.